The van der Waals surface area contributed by atoms with Gasteiger partial charge in [0.05, 0.1) is 6.61 Å². The van der Waals surface area contributed by atoms with Gasteiger partial charge in [-0.25, -0.2) is 0 Å². The molecule has 0 bridgehead atoms. The molecule has 0 aliphatic rings. The van der Waals surface area contributed by atoms with E-state index in [1.54, 1.807) is 0 Å². The first-order chi connectivity index (χ1) is 9.38. The molecule has 0 spiro atoms. The lowest BCUT2D eigenvalue weighted by atomic mass is 10.2. The molecule has 0 fully saturated rings. The van der Waals surface area contributed by atoms with E-state index in [2.05, 4.69) is 41.7 Å². The van der Waals surface area contributed by atoms with Gasteiger partial charge in [-0.05, 0) is 36.9 Å². The Hall–Kier alpha value is -1.45. The molecule has 0 unspecified atom stereocenters. The molecule has 0 amide bonds. The van der Waals surface area contributed by atoms with Gasteiger partial charge in [0, 0.05) is 17.2 Å². The van der Waals surface area contributed by atoms with Crippen LogP contribution in [-0.2, 0) is 6.54 Å². The summed E-state index contributed by atoms with van der Waals surface area (Å²) in [5, 5.41) is 3.14. The lowest BCUT2D eigenvalue weighted by molar-refractivity contribution is 0.343. The molecule has 0 saturated heterocycles. The monoisotopic (exact) mass is 273 g/mol. The van der Waals surface area contributed by atoms with Gasteiger partial charge in [0.1, 0.15) is 5.75 Å². The van der Waals surface area contributed by atoms with Gasteiger partial charge in [0.2, 0.25) is 0 Å². The number of thioether (sulfide) groups is 1. The largest absolute Gasteiger partial charge is 0.493 e. The summed E-state index contributed by atoms with van der Waals surface area (Å²) in [4.78, 5) is 1.29. The third-order valence-corrected chi connectivity index (χ3v) is 3.62. The zero-order valence-corrected chi connectivity index (χ0v) is 12.0. The summed E-state index contributed by atoms with van der Waals surface area (Å²) in [5.41, 5.74) is 1.25. The first-order valence-electron chi connectivity index (χ1n) is 6.42. The first-order valence-corrected chi connectivity index (χ1v) is 7.41. The molecule has 2 rings (SSSR count). The van der Waals surface area contributed by atoms with Crippen molar-refractivity contribution in [1.82, 2.24) is 5.32 Å². The molecule has 2 nitrogen and oxygen atoms in total. The maximum Gasteiger partial charge on any atom is 0.119 e. The molecule has 0 aliphatic carbocycles. The standard InChI is InChI=1S/C16H19NOS/c1-17-13-14-6-5-7-15(12-14)18-10-11-19-16-8-3-2-4-9-16/h2-9,12,17H,10-11,13H2,1H3. The number of benzene rings is 2. The quantitative estimate of drug-likeness (QED) is 0.615. The summed E-state index contributed by atoms with van der Waals surface area (Å²) in [5.74, 6) is 1.90. The van der Waals surface area contributed by atoms with E-state index in [-0.39, 0.29) is 0 Å². The number of nitrogens with one attached hydrogen (secondary N) is 1. The number of hydrogen-bond acceptors (Lipinski definition) is 3. The van der Waals surface area contributed by atoms with Crippen LogP contribution < -0.4 is 10.1 Å². The molecule has 0 atom stereocenters. The van der Waals surface area contributed by atoms with Crippen LogP contribution >= 0.6 is 11.8 Å². The minimum Gasteiger partial charge on any atom is -0.493 e. The van der Waals surface area contributed by atoms with E-state index in [1.165, 1.54) is 10.5 Å². The second kappa shape index (κ2) is 7.87. The van der Waals surface area contributed by atoms with Gasteiger partial charge in [-0.1, -0.05) is 30.3 Å². The van der Waals surface area contributed by atoms with Crippen molar-refractivity contribution in [2.45, 2.75) is 11.4 Å². The van der Waals surface area contributed by atoms with Gasteiger partial charge in [0.15, 0.2) is 0 Å². The second-order valence-corrected chi connectivity index (χ2v) is 5.36. The molecule has 0 aliphatic heterocycles. The normalized spacial score (nSPS) is 10.4. The molecular formula is C16H19NOS. The molecular weight excluding hydrogens is 254 g/mol. The van der Waals surface area contributed by atoms with Gasteiger partial charge >= 0.3 is 0 Å². The average Bonchev–Trinajstić information content (AvgIpc) is 2.46. The maximum absolute atomic E-state index is 5.77. The molecule has 100 valence electrons. The van der Waals surface area contributed by atoms with Crippen molar-refractivity contribution in [2.24, 2.45) is 0 Å². The van der Waals surface area contributed by atoms with Crippen LogP contribution in [0.2, 0.25) is 0 Å². The highest BCUT2D eigenvalue weighted by Gasteiger charge is 1.97. The lowest BCUT2D eigenvalue weighted by Crippen LogP contribution is -2.05. The summed E-state index contributed by atoms with van der Waals surface area (Å²) in [6.07, 6.45) is 0. The van der Waals surface area contributed by atoms with Crippen molar-refractivity contribution in [3.63, 3.8) is 0 Å². The van der Waals surface area contributed by atoms with Crippen LogP contribution in [0.5, 0.6) is 5.75 Å². The maximum atomic E-state index is 5.77. The van der Waals surface area contributed by atoms with Crippen LogP contribution in [0.3, 0.4) is 0 Å². The fourth-order valence-electron chi connectivity index (χ4n) is 1.79. The van der Waals surface area contributed by atoms with Gasteiger partial charge in [0.25, 0.3) is 0 Å². The van der Waals surface area contributed by atoms with Crippen molar-refractivity contribution in [1.29, 1.82) is 0 Å². The highest BCUT2D eigenvalue weighted by atomic mass is 32.2. The Morgan fingerprint density at radius 3 is 2.68 bits per heavy atom. The molecule has 2 aromatic rings. The molecule has 0 heterocycles. The Balaban J connectivity index is 1.75. The van der Waals surface area contributed by atoms with Gasteiger partial charge in [-0.2, -0.15) is 0 Å². The SMILES string of the molecule is CNCc1cccc(OCCSc2ccccc2)c1. The molecule has 2 aromatic carbocycles. The fraction of sp³-hybridized carbons (Fsp3) is 0.250. The summed E-state index contributed by atoms with van der Waals surface area (Å²) in [6, 6.07) is 18.6. The van der Waals surface area contributed by atoms with Crippen LogP contribution in [-0.4, -0.2) is 19.4 Å². The average molecular weight is 273 g/mol. The predicted octanol–water partition coefficient (Wildman–Crippen LogP) is 3.58. The minimum atomic E-state index is 0.725. The highest BCUT2D eigenvalue weighted by Crippen LogP contribution is 2.18. The van der Waals surface area contributed by atoms with E-state index in [4.69, 9.17) is 4.74 Å². The van der Waals surface area contributed by atoms with Crippen molar-refractivity contribution < 1.29 is 4.74 Å². The zero-order valence-electron chi connectivity index (χ0n) is 11.1. The summed E-state index contributed by atoms with van der Waals surface area (Å²) in [7, 11) is 1.95. The van der Waals surface area contributed by atoms with E-state index in [1.807, 2.05) is 37.0 Å². The first kappa shape index (κ1) is 14.0. The Labute approximate surface area is 119 Å². The molecule has 0 saturated carbocycles. The molecule has 19 heavy (non-hydrogen) atoms. The Morgan fingerprint density at radius 2 is 1.89 bits per heavy atom. The van der Waals surface area contributed by atoms with E-state index in [9.17, 15) is 0 Å². The number of rotatable bonds is 7. The number of ether oxygens (including phenoxy) is 1. The number of hydrogen-bond donors (Lipinski definition) is 1. The Bertz CT molecular complexity index is 487. The van der Waals surface area contributed by atoms with E-state index < -0.39 is 0 Å². The smallest absolute Gasteiger partial charge is 0.119 e. The summed E-state index contributed by atoms with van der Waals surface area (Å²) in [6.45, 7) is 1.60. The van der Waals surface area contributed by atoms with Crippen LogP contribution in [0, 0.1) is 0 Å². The Kier molecular flexibility index (Phi) is 5.79. The molecule has 3 heteroatoms. The molecule has 0 radical (unpaired) electrons. The Morgan fingerprint density at radius 1 is 1.05 bits per heavy atom. The molecule has 0 aromatic heterocycles. The highest BCUT2D eigenvalue weighted by molar-refractivity contribution is 7.99. The predicted molar refractivity (Wildman–Crippen MR) is 81.9 cm³/mol. The van der Waals surface area contributed by atoms with Crippen molar-refractivity contribution in [3.05, 3.63) is 60.2 Å². The zero-order chi connectivity index (χ0) is 13.3. The fourth-order valence-corrected chi connectivity index (χ4v) is 2.54. The topological polar surface area (TPSA) is 21.3 Å². The van der Waals surface area contributed by atoms with Gasteiger partial charge < -0.3 is 10.1 Å². The second-order valence-electron chi connectivity index (χ2n) is 4.19. The van der Waals surface area contributed by atoms with Crippen LogP contribution in [0.15, 0.2) is 59.5 Å². The van der Waals surface area contributed by atoms with Crippen LogP contribution in [0.25, 0.3) is 0 Å². The third-order valence-electron chi connectivity index (χ3n) is 2.64. The minimum absolute atomic E-state index is 0.725. The van der Waals surface area contributed by atoms with Crippen molar-refractivity contribution in [2.75, 3.05) is 19.4 Å². The van der Waals surface area contributed by atoms with Crippen LogP contribution in [0.1, 0.15) is 5.56 Å². The third kappa shape index (κ3) is 4.97. The molecule has 1 N–H and O–H groups in total. The van der Waals surface area contributed by atoms with Crippen molar-refractivity contribution >= 4 is 11.8 Å². The summed E-state index contributed by atoms with van der Waals surface area (Å²) < 4.78 is 5.77. The van der Waals surface area contributed by atoms with Crippen molar-refractivity contribution in [3.8, 4) is 5.75 Å². The lowest BCUT2D eigenvalue weighted by Gasteiger charge is -2.08. The van der Waals surface area contributed by atoms with Gasteiger partial charge in [-0.15, -0.1) is 11.8 Å². The van der Waals surface area contributed by atoms with E-state index >= 15 is 0 Å². The van der Waals surface area contributed by atoms with E-state index in [0.29, 0.717) is 0 Å². The van der Waals surface area contributed by atoms with Gasteiger partial charge in [-0.3, -0.25) is 0 Å². The van der Waals surface area contributed by atoms with E-state index in [0.717, 1.165) is 24.7 Å². The summed E-state index contributed by atoms with van der Waals surface area (Å²) >= 11 is 1.82. The van der Waals surface area contributed by atoms with Crippen LogP contribution in [0.4, 0.5) is 0 Å².